The van der Waals surface area contributed by atoms with Crippen LogP contribution in [0.2, 0.25) is 0 Å². The highest BCUT2D eigenvalue weighted by atomic mass is 32.1. The standard InChI is InChI=1S/C14H18FN3O5S/c15-7-3-1-6(2-4-7)5-16-14(24)18-17-8-9(19)11(21)13(23)12(22)10(8)20/h1-4,9-13,19-23H,5H2,(H2,16,18,24)/b17-8-/t9-,10+,11+,12+,13-/m0/s1. The molecule has 1 fully saturated rings. The molecule has 0 heterocycles. The number of hydrazone groups is 1. The Kier molecular flexibility index (Phi) is 6.15. The van der Waals surface area contributed by atoms with Crippen molar-refractivity contribution in [1.29, 1.82) is 0 Å². The molecule has 132 valence electrons. The molecule has 0 amide bonds. The van der Waals surface area contributed by atoms with Gasteiger partial charge in [0, 0.05) is 6.54 Å². The molecular formula is C14H18FN3O5S. The van der Waals surface area contributed by atoms with Crippen LogP contribution in [-0.2, 0) is 6.54 Å². The molecule has 0 unspecified atom stereocenters. The Balaban J connectivity index is 1.93. The van der Waals surface area contributed by atoms with Gasteiger partial charge in [-0.05, 0) is 29.9 Å². The third kappa shape index (κ3) is 4.23. The molecule has 24 heavy (non-hydrogen) atoms. The van der Waals surface area contributed by atoms with Crippen molar-refractivity contribution in [2.24, 2.45) is 5.10 Å². The first kappa shape index (κ1) is 18.6. The van der Waals surface area contributed by atoms with Gasteiger partial charge in [-0.2, -0.15) is 5.10 Å². The summed E-state index contributed by atoms with van der Waals surface area (Å²) in [7, 11) is 0. The lowest BCUT2D eigenvalue weighted by atomic mass is 9.86. The SMILES string of the molecule is O[C@@H]1[C@H](O)[C@H](O)/C(=N\NC(=S)NCc2ccc(F)cc2)[C@H](O)[C@H]1O. The number of nitrogens with zero attached hydrogens (tertiary/aromatic N) is 1. The molecule has 0 aliphatic heterocycles. The normalized spacial score (nSPS) is 31.8. The van der Waals surface area contributed by atoms with E-state index in [1.807, 2.05) is 0 Å². The van der Waals surface area contributed by atoms with Crippen molar-refractivity contribution in [3.63, 3.8) is 0 Å². The first-order chi connectivity index (χ1) is 11.3. The molecule has 5 atom stereocenters. The minimum atomic E-state index is -1.70. The molecule has 2 rings (SSSR count). The van der Waals surface area contributed by atoms with E-state index >= 15 is 0 Å². The van der Waals surface area contributed by atoms with Crippen LogP contribution in [0, 0.1) is 5.82 Å². The van der Waals surface area contributed by atoms with Crippen LogP contribution in [0.15, 0.2) is 29.4 Å². The van der Waals surface area contributed by atoms with Gasteiger partial charge in [-0.25, -0.2) is 4.39 Å². The number of rotatable bonds is 3. The van der Waals surface area contributed by atoms with Crippen LogP contribution in [0.3, 0.4) is 0 Å². The predicted molar refractivity (Wildman–Crippen MR) is 86.4 cm³/mol. The number of hydrogen-bond acceptors (Lipinski definition) is 7. The number of hydrogen-bond donors (Lipinski definition) is 7. The third-order valence-corrected chi connectivity index (χ3v) is 3.84. The molecular weight excluding hydrogens is 341 g/mol. The first-order valence-electron chi connectivity index (χ1n) is 7.07. The van der Waals surface area contributed by atoms with Crippen LogP contribution in [0.5, 0.6) is 0 Å². The van der Waals surface area contributed by atoms with Crippen LogP contribution in [-0.4, -0.2) is 66.9 Å². The second-order valence-corrected chi connectivity index (χ2v) is 5.73. The minimum Gasteiger partial charge on any atom is -0.387 e. The van der Waals surface area contributed by atoms with Crippen LogP contribution < -0.4 is 10.7 Å². The second-order valence-electron chi connectivity index (χ2n) is 5.32. The first-order valence-corrected chi connectivity index (χ1v) is 7.48. The van der Waals surface area contributed by atoms with Crippen molar-refractivity contribution in [3.05, 3.63) is 35.6 Å². The highest BCUT2D eigenvalue weighted by Crippen LogP contribution is 2.18. The van der Waals surface area contributed by atoms with Crippen molar-refractivity contribution in [1.82, 2.24) is 10.7 Å². The predicted octanol–water partition coefficient (Wildman–Crippen LogP) is -2.04. The zero-order valence-corrected chi connectivity index (χ0v) is 13.2. The Bertz CT molecular complexity index is 597. The molecule has 10 heteroatoms. The van der Waals surface area contributed by atoms with E-state index in [9.17, 15) is 29.9 Å². The van der Waals surface area contributed by atoms with Gasteiger partial charge in [0.15, 0.2) is 5.11 Å². The van der Waals surface area contributed by atoms with Crippen molar-refractivity contribution in [3.8, 4) is 0 Å². The summed E-state index contributed by atoms with van der Waals surface area (Å²) in [5, 5.41) is 54.7. The van der Waals surface area contributed by atoms with E-state index in [-0.39, 0.29) is 23.2 Å². The van der Waals surface area contributed by atoms with Crippen molar-refractivity contribution in [2.75, 3.05) is 0 Å². The number of aliphatic hydroxyl groups excluding tert-OH is 5. The summed E-state index contributed by atoms with van der Waals surface area (Å²) in [5.74, 6) is -0.356. The molecule has 1 aromatic carbocycles. The third-order valence-electron chi connectivity index (χ3n) is 3.61. The second kappa shape index (κ2) is 7.92. The van der Waals surface area contributed by atoms with E-state index in [1.165, 1.54) is 12.1 Å². The smallest absolute Gasteiger partial charge is 0.187 e. The topological polar surface area (TPSA) is 138 Å². The van der Waals surface area contributed by atoms with Crippen molar-refractivity contribution < 1.29 is 29.9 Å². The number of nitrogens with one attached hydrogen (secondary N) is 2. The van der Waals surface area contributed by atoms with E-state index in [0.717, 1.165) is 5.56 Å². The van der Waals surface area contributed by atoms with E-state index < -0.39 is 30.5 Å². The maximum absolute atomic E-state index is 12.8. The van der Waals surface area contributed by atoms with Crippen LogP contribution in [0.25, 0.3) is 0 Å². The maximum atomic E-state index is 12.8. The quantitative estimate of drug-likeness (QED) is 0.242. The summed E-state index contributed by atoms with van der Waals surface area (Å²) in [5.41, 5.74) is 2.77. The van der Waals surface area contributed by atoms with Crippen LogP contribution in [0.1, 0.15) is 5.56 Å². The number of aliphatic hydroxyl groups is 5. The fourth-order valence-corrected chi connectivity index (χ4v) is 2.29. The van der Waals surface area contributed by atoms with Crippen molar-refractivity contribution >= 4 is 23.0 Å². The Morgan fingerprint density at radius 2 is 1.54 bits per heavy atom. The molecule has 7 N–H and O–H groups in total. The van der Waals surface area contributed by atoms with Gasteiger partial charge in [0.2, 0.25) is 0 Å². The lowest BCUT2D eigenvalue weighted by Crippen LogP contribution is -2.62. The highest BCUT2D eigenvalue weighted by Gasteiger charge is 2.46. The Morgan fingerprint density at radius 3 is 2.08 bits per heavy atom. The summed E-state index contributed by atoms with van der Waals surface area (Å²) >= 11 is 4.97. The van der Waals surface area contributed by atoms with Crippen molar-refractivity contribution in [2.45, 2.75) is 37.1 Å². The fraction of sp³-hybridized carbons (Fsp3) is 0.429. The zero-order valence-electron chi connectivity index (χ0n) is 12.4. The Hall–Kier alpha value is -1.69. The van der Waals surface area contributed by atoms with Gasteiger partial charge in [0.05, 0.1) is 0 Å². The minimum absolute atomic E-state index is 0.0429. The number of thiocarbonyl (C=S) groups is 1. The lowest BCUT2D eigenvalue weighted by Gasteiger charge is -2.36. The summed E-state index contributed by atoms with van der Waals surface area (Å²) < 4.78 is 12.8. The molecule has 1 aliphatic rings. The molecule has 0 bridgehead atoms. The zero-order chi connectivity index (χ0) is 17.9. The van der Waals surface area contributed by atoms with Crippen LogP contribution >= 0.6 is 12.2 Å². The molecule has 8 nitrogen and oxygen atoms in total. The molecule has 0 radical (unpaired) electrons. The molecule has 1 aromatic rings. The van der Waals surface area contributed by atoms with Gasteiger partial charge in [-0.3, -0.25) is 5.43 Å². The van der Waals surface area contributed by atoms with E-state index in [1.54, 1.807) is 12.1 Å². The van der Waals surface area contributed by atoms with Crippen LogP contribution in [0.4, 0.5) is 4.39 Å². The fourth-order valence-electron chi connectivity index (χ4n) is 2.17. The number of benzene rings is 1. The Labute approximate surface area is 142 Å². The molecule has 0 aromatic heterocycles. The van der Waals surface area contributed by atoms with E-state index in [0.29, 0.717) is 0 Å². The molecule has 0 saturated heterocycles. The number of halogens is 1. The van der Waals surface area contributed by atoms with Gasteiger partial charge in [0.25, 0.3) is 0 Å². The molecule has 1 aliphatic carbocycles. The van der Waals surface area contributed by atoms with Gasteiger partial charge in [-0.1, -0.05) is 12.1 Å². The lowest BCUT2D eigenvalue weighted by molar-refractivity contribution is -0.130. The van der Waals surface area contributed by atoms with Gasteiger partial charge < -0.3 is 30.8 Å². The maximum Gasteiger partial charge on any atom is 0.187 e. The Morgan fingerprint density at radius 1 is 1.00 bits per heavy atom. The summed E-state index contributed by atoms with van der Waals surface area (Å²) in [6, 6.07) is 5.74. The highest BCUT2D eigenvalue weighted by molar-refractivity contribution is 7.80. The van der Waals surface area contributed by atoms with E-state index in [4.69, 9.17) is 12.2 Å². The van der Waals surface area contributed by atoms with Gasteiger partial charge in [-0.15, -0.1) is 0 Å². The molecule has 0 spiro atoms. The monoisotopic (exact) mass is 359 g/mol. The average Bonchev–Trinajstić information content (AvgIpc) is 2.57. The van der Waals surface area contributed by atoms with E-state index in [2.05, 4.69) is 15.8 Å². The summed E-state index contributed by atoms with van der Waals surface area (Å²) in [4.78, 5) is 0. The molecule has 1 saturated carbocycles. The summed E-state index contributed by atoms with van der Waals surface area (Å²) in [6.07, 6.45) is -8.40. The largest absolute Gasteiger partial charge is 0.387 e. The van der Waals surface area contributed by atoms with Gasteiger partial charge in [0.1, 0.15) is 42.0 Å². The van der Waals surface area contributed by atoms with Gasteiger partial charge >= 0.3 is 0 Å². The summed E-state index contributed by atoms with van der Waals surface area (Å²) in [6.45, 7) is 0.284. The average molecular weight is 359 g/mol.